The van der Waals surface area contributed by atoms with Gasteiger partial charge in [0.25, 0.3) is 5.91 Å². The van der Waals surface area contributed by atoms with Crippen LogP contribution in [0.15, 0.2) is 42.5 Å². The summed E-state index contributed by atoms with van der Waals surface area (Å²) in [5.41, 5.74) is 7.31. The Morgan fingerprint density at radius 3 is 2.62 bits per heavy atom. The first-order valence-corrected chi connectivity index (χ1v) is 9.10. The molecule has 0 radical (unpaired) electrons. The van der Waals surface area contributed by atoms with Crippen LogP contribution in [-0.2, 0) is 4.79 Å². The van der Waals surface area contributed by atoms with Crippen LogP contribution < -0.4 is 16.4 Å². The number of hydrogen-bond donors (Lipinski definition) is 3. The monoisotopic (exact) mass is 391 g/mol. The molecule has 1 aliphatic carbocycles. The number of amides is 2. The number of carbonyl (C=O) groups excluding carboxylic acids is 2. The summed E-state index contributed by atoms with van der Waals surface area (Å²) in [5, 5.41) is 6.55. The van der Waals surface area contributed by atoms with Gasteiger partial charge in [0, 0.05) is 19.0 Å². The first-order valence-electron chi connectivity index (χ1n) is 8.34. The minimum absolute atomic E-state index is 0.111. The fourth-order valence-electron chi connectivity index (χ4n) is 2.89. The van der Waals surface area contributed by atoms with Gasteiger partial charge in [-0.2, -0.15) is 0 Å². The van der Waals surface area contributed by atoms with Crippen LogP contribution in [0.3, 0.4) is 0 Å². The minimum atomic E-state index is -0.261. The second-order valence-electron chi connectivity index (χ2n) is 6.20. The van der Waals surface area contributed by atoms with Gasteiger partial charge in [-0.05, 0) is 42.2 Å². The van der Waals surface area contributed by atoms with Gasteiger partial charge in [0.05, 0.1) is 21.3 Å². The summed E-state index contributed by atoms with van der Waals surface area (Å²) in [6, 6.07) is 12.3. The van der Waals surface area contributed by atoms with E-state index in [9.17, 15) is 9.59 Å². The van der Waals surface area contributed by atoms with Crippen molar-refractivity contribution in [3.05, 3.63) is 63.6 Å². The zero-order chi connectivity index (χ0) is 18.7. The molecule has 4 N–H and O–H groups in total. The average molecular weight is 392 g/mol. The van der Waals surface area contributed by atoms with Crippen molar-refractivity contribution in [3.8, 4) is 0 Å². The average Bonchev–Trinajstić information content (AvgIpc) is 3.43. The van der Waals surface area contributed by atoms with E-state index >= 15 is 0 Å². The third-order valence-electron chi connectivity index (χ3n) is 4.36. The predicted octanol–water partition coefficient (Wildman–Crippen LogP) is 3.42. The van der Waals surface area contributed by atoms with Crippen molar-refractivity contribution >= 4 is 40.7 Å². The highest BCUT2D eigenvalue weighted by molar-refractivity contribution is 6.42. The first-order chi connectivity index (χ1) is 12.5. The lowest BCUT2D eigenvalue weighted by Crippen LogP contribution is -2.30. The molecule has 0 saturated heterocycles. The van der Waals surface area contributed by atoms with E-state index in [1.54, 1.807) is 36.4 Å². The Morgan fingerprint density at radius 2 is 1.88 bits per heavy atom. The molecule has 0 bridgehead atoms. The molecule has 2 amide bonds. The molecule has 2 atom stereocenters. The second-order valence-corrected chi connectivity index (χ2v) is 7.02. The highest BCUT2D eigenvalue weighted by Gasteiger charge is 2.44. The quantitative estimate of drug-likeness (QED) is 0.704. The molecule has 5 nitrogen and oxygen atoms in total. The van der Waals surface area contributed by atoms with Crippen LogP contribution in [0.2, 0.25) is 10.0 Å². The molecule has 0 spiro atoms. The minimum Gasteiger partial charge on any atom is -0.351 e. The van der Waals surface area contributed by atoms with E-state index in [-0.39, 0.29) is 23.7 Å². The van der Waals surface area contributed by atoms with Gasteiger partial charge in [0.1, 0.15) is 0 Å². The van der Waals surface area contributed by atoms with Crippen molar-refractivity contribution in [3.63, 3.8) is 0 Å². The van der Waals surface area contributed by atoms with E-state index in [0.29, 0.717) is 34.4 Å². The highest BCUT2D eigenvalue weighted by Crippen LogP contribution is 2.49. The molecule has 136 valence electrons. The van der Waals surface area contributed by atoms with E-state index in [4.69, 9.17) is 28.9 Å². The lowest BCUT2D eigenvalue weighted by Gasteiger charge is -2.11. The van der Waals surface area contributed by atoms with Gasteiger partial charge in [-0.15, -0.1) is 0 Å². The zero-order valence-electron chi connectivity index (χ0n) is 14.0. The summed E-state index contributed by atoms with van der Waals surface area (Å²) >= 11 is 12.0. The van der Waals surface area contributed by atoms with Crippen LogP contribution in [0.1, 0.15) is 28.3 Å². The van der Waals surface area contributed by atoms with Crippen molar-refractivity contribution in [2.24, 2.45) is 11.7 Å². The van der Waals surface area contributed by atoms with Gasteiger partial charge in [-0.25, -0.2) is 0 Å². The van der Waals surface area contributed by atoms with Crippen molar-refractivity contribution in [1.82, 2.24) is 5.32 Å². The van der Waals surface area contributed by atoms with Crippen molar-refractivity contribution in [1.29, 1.82) is 0 Å². The Balaban J connectivity index is 1.68. The van der Waals surface area contributed by atoms with Gasteiger partial charge >= 0.3 is 0 Å². The number of benzene rings is 2. The third-order valence-corrected chi connectivity index (χ3v) is 5.10. The molecular weight excluding hydrogens is 373 g/mol. The molecule has 7 heteroatoms. The number of nitrogens with one attached hydrogen (secondary N) is 2. The third kappa shape index (κ3) is 4.18. The van der Waals surface area contributed by atoms with Crippen LogP contribution in [0.25, 0.3) is 0 Å². The van der Waals surface area contributed by atoms with Crippen molar-refractivity contribution < 1.29 is 9.59 Å². The van der Waals surface area contributed by atoms with Gasteiger partial charge in [-0.3, -0.25) is 9.59 Å². The molecule has 0 aromatic heterocycles. The standard InChI is InChI=1S/C19H19Cl2N3O2/c20-15-6-5-11(9-16(15)21)13-10-14(13)19(26)24-17-4-2-1-3-12(17)18(25)23-8-7-22/h1-6,9,13-14H,7-8,10,22H2,(H,23,25)(H,24,26). The zero-order valence-corrected chi connectivity index (χ0v) is 15.5. The number of rotatable bonds is 6. The highest BCUT2D eigenvalue weighted by atomic mass is 35.5. The lowest BCUT2D eigenvalue weighted by atomic mass is 10.1. The molecule has 2 unspecified atom stereocenters. The molecule has 26 heavy (non-hydrogen) atoms. The summed E-state index contributed by atoms with van der Waals surface area (Å²) in [6.07, 6.45) is 0.741. The van der Waals surface area contributed by atoms with Gasteiger partial charge < -0.3 is 16.4 Å². The summed E-state index contributed by atoms with van der Waals surface area (Å²) in [7, 11) is 0. The fraction of sp³-hybridized carbons (Fsp3) is 0.263. The summed E-state index contributed by atoms with van der Waals surface area (Å²) in [6.45, 7) is 0.733. The van der Waals surface area contributed by atoms with Crippen molar-refractivity contribution in [2.75, 3.05) is 18.4 Å². The number of carbonyl (C=O) groups is 2. The maximum atomic E-state index is 12.6. The first kappa shape index (κ1) is 18.7. The summed E-state index contributed by atoms with van der Waals surface area (Å²) in [5.74, 6) is -0.404. The SMILES string of the molecule is NCCNC(=O)c1ccccc1NC(=O)C1CC1c1ccc(Cl)c(Cl)c1. The van der Waals surface area contributed by atoms with E-state index in [1.165, 1.54) is 0 Å². The molecule has 0 heterocycles. The normalized spacial score (nSPS) is 18.3. The number of nitrogens with two attached hydrogens (primary N) is 1. The molecule has 2 aromatic rings. The Hall–Kier alpha value is -2.08. The van der Waals surface area contributed by atoms with Crippen molar-refractivity contribution in [2.45, 2.75) is 12.3 Å². The van der Waals surface area contributed by atoms with E-state index < -0.39 is 0 Å². The molecule has 1 aliphatic rings. The summed E-state index contributed by atoms with van der Waals surface area (Å²) in [4.78, 5) is 24.8. The van der Waals surface area contributed by atoms with E-state index in [2.05, 4.69) is 10.6 Å². The number of anilines is 1. The van der Waals surface area contributed by atoms with Crippen LogP contribution in [0.5, 0.6) is 0 Å². The van der Waals surface area contributed by atoms with E-state index in [0.717, 1.165) is 12.0 Å². The summed E-state index contributed by atoms with van der Waals surface area (Å²) < 4.78 is 0. The number of hydrogen-bond acceptors (Lipinski definition) is 3. The molecule has 0 aliphatic heterocycles. The smallest absolute Gasteiger partial charge is 0.253 e. The lowest BCUT2D eigenvalue weighted by molar-refractivity contribution is -0.117. The largest absolute Gasteiger partial charge is 0.351 e. The topological polar surface area (TPSA) is 84.2 Å². The van der Waals surface area contributed by atoms with Gasteiger partial charge in [0.15, 0.2) is 0 Å². The second kappa shape index (κ2) is 8.08. The Morgan fingerprint density at radius 1 is 1.12 bits per heavy atom. The van der Waals surface area contributed by atoms with Gasteiger partial charge in [-0.1, -0.05) is 41.4 Å². The Labute approximate surface area is 161 Å². The number of halogens is 2. The molecule has 3 rings (SSSR count). The van der Waals surface area contributed by atoms with Crippen LogP contribution in [0.4, 0.5) is 5.69 Å². The molecule has 2 aromatic carbocycles. The molecule has 1 fully saturated rings. The van der Waals surface area contributed by atoms with Crippen LogP contribution in [0, 0.1) is 5.92 Å². The maximum absolute atomic E-state index is 12.6. The predicted molar refractivity (Wildman–Crippen MR) is 104 cm³/mol. The molecule has 1 saturated carbocycles. The number of para-hydroxylation sites is 1. The van der Waals surface area contributed by atoms with Crippen LogP contribution >= 0.6 is 23.2 Å². The Kier molecular flexibility index (Phi) is 5.81. The van der Waals surface area contributed by atoms with E-state index in [1.807, 2.05) is 6.07 Å². The maximum Gasteiger partial charge on any atom is 0.253 e. The van der Waals surface area contributed by atoms with Gasteiger partial charge in [0.2, 0.25) is 5.91 Å². The Bertz CT molecular complexity index is 841. The van der Waals surface area contributed by atoms with Crippen LogP contribution in [-0.4, -0.2) is 24.9 Å². The molecular formula is C19H19Cl2N3O2. The fourth-order valence-corrected chi connectivity index (χ4v) is 3.20.